The Morgan fingerprint density at radius 3 is 2.48 bits per heavy atom. The third-order valence-electron chi connectivity index (χ3n) is 2.66. The average Bonchev–Trinajstić information content (AvgIpc) is 2.56. The quantitative estimate of drug-likeness (QED) is 0.586. The molecule has 0 aliphatic carbocycles. The van der Waals surface area contributed by atoms with Crippen molar-refractivity contribution in [2.24, 2.45) is 0 Å². The van der Waals surface area contributed by atoms with E-state index in [9.17, 15) is 14.4 Å². The summed E-state index contributed by atoms with van der Waals surface area (Å²) in [4.78, 5) is 34.1. The lowest BCUT2D eigenvalue weighted by Crippen LogP contribution is -2.41. The Morgan fingerprint density at radius 2 is 1.87 bits per heavy atom. The van der Waals surface area contributed by atoms with Crippen LogP contribution in [0.1, 0.15) is 18.9 Å². The molecule has 23 heavy (non-hydrogen) atoms. The summed E-state index contributed by atoms with van der Waals surface area (Å²) in [6, 6.07) is 6.45. The predicted molar refractivity (Wildman–Crippen MR) is 84.8 cm³/mol. The molecule has 0 heterocycles. The van der Waals surface area contributed by atoms with Gasteiger partial charge < -0.3 is 14.8 Å². The third-order valence-corrected chi connectivity index (χ3v) is 2.66. The zero-order chi connectivity index (χ0) is 17.1. The lowest BCUT2D eigenvalue weighted by atomic mass is 10.2. The minimum absolute atomic E-state index is 0.462. The molecule has 7 heteroatoms. The molecule has 124 valence electrons. The summed E-state index contributed by atoms with van der Waals surface area (Å²) < 4.78 is 9.76. The van der Waals surface area contributed by atoms with Gasteiger partial charge in [-0.05, 0) is 30.2 Å². The first kappa shape index (κ1) is 18.2. The number of hydrogen-bond donors (Lipinski definition) is 2. The molecular weight excluding hydrogens is 300 g/mol. The lowest BCUT2D eigenvalue weighted by Gasteiger charge is -2.05. The zero-order valence-corrected chi connectivity index (χ0v) is 13.1. The third kappa shape index (κ3) is 7.66. The van der Waals surface area contributed by atoms with Gasteiger partial charge in [0, 0.05) is 12.6 Å². The van der Waals surface area contributed by atoms with E-state index in [1.807, 2.05) is 6.92 Å². The largest absolute Gasteiger partial charge is 0.497 e. The Kier molecular flexibility index (Phi) is 7.91. The SMILES string of the molecule is CCCNC(=O)NC(=O)COC(=O)C=Cc1ccc(OC)cc1. The molecule has 0 aromatic heterocycles. The summed E-state index contributed by atoms with van der Waals surface area (Å²) in [5.41, 5.74) is 0.783. The van der Waals surface area contributed by atoms with Crippen LogP contribution in [-0.2, 0) is 14.3 Å². The van der Waals surface area contributed by atoms with Gasteiger partial charge in [-0.25, -0.2) is 9.59 Å². The van der Waals surface area contributed by atoms with Gasteiger partial charge >= 0.3 is 12.0 Å². The van der Waals surface area contributed by atoms with Crippen molar-refractivity contribution in [3.05, 3.63) is 35.9 Å². The Labute approximate surface area is 134 Å². The van der Waals surface area contributed by atoms with Crippen LogP contribution in [0.2, 0.25) is 0 Å². The minimum atomic E-state index is -0.690. The van der Waals surface area contributed by atoms with E-state index in [0.717, 1.165) is 12.0 Å². The maximum absolute atomic E-state index is 11.5. The molecule has 3 amide bonds. The Hall–Kier alpha value is -2.83. The number of rotatable bonds is 7. The zero-order valence-electron chi connectivity index (χ0n) is 13.1. The average molecular weight is 320 g/mol. The lowest BCUT2D eigenvalue weighted by molar-refractivity contribution is -0.143. The van der Waals surface area contributed by atoms with E-state index in [4.69, 9.17) is 9.47 Å². The van der Waals surface area contributed by atoms with Crippen molar-refractivity contribution in [3.63, 3.8) is 0 Å². The number of imide groups is 1. The van der Waals surface area contributed by atoms with Crippen LogP contribution in [-0.4, -0.2) is 38.2 Å². The Balaban J connectivity index is 2.34. The Morgan fingerprint density at radius 1 is 1.17 bits per heavy atom. The normalized spacial score (nSPS) is 10.2. The van der Waals surface area contributed by atoms with E-state index in [0.29, 0.717) is 12.3 Å². The molecule has 0 radical (unpaired) electrons. The van der Waals surface area contributed by atoms with Gasteiger partial charge in [-0.2, -0.15) is 0 Å². The van der Waals surface area contributed by atoms with Gasteiger partial charge in [0.25, 0.3) is 5.91 Å². The molecule has 0 saturated heterocycles. The highest BCUT2D eigenvalue weighted by Crippen LogP contribution is 2.12. The van der Waals surface area contributed by atoms with E-state index in [1.165, 1.54) is 6.08 Å². The highest BCUT2D eigenvalue weighted by molar-refractivity contribution is 5.96. The van der Waals surface area contributed by atoms with Gasteiger partial charge in [-0.3, -0.25) is 10.1 Å². The molecule has 7 nitrogen and oxygen atoms in total. The number of methoxy groups -OCH3 is 1. The first-order valence-electron chi connectivity index (χ1n) is 7.11. The van der Waals surface area contributed by atoms with Gasteiger partial charge in [-0.15, -0.1) is 0 Å². The molecule has 0 bridgehead atoms. The molecule has 0 unspecified atom stereocenters. The highest BCUT2D eigenvalue weighted by Gasteiger charge is 2.08. The number of amides is 3. The summed E-state index contributed by atoms with van der Waals surface area (Å²) >= 11 is 0. The molecule has 1 rings (SSSR count). The van der Waals surface area contributed by atoms with Crippen molar-refractivity contribution in [1.29, 1.82) is 0 Å². The van der Waals surface area contributed by atoms with E-state index < -0.39 is 24.5 Å². The van der Waals surface area contributed by atoms with E-state index in [2.05, 4.69) is 10.6 Å². The van der Waals surface area contributed by atoms with Gasteiger partial charge in [0.1, 0.15) is 5.75 Å². The topological polar surface area (TPSA) is 93.7 Å². The summed E-state index contributed by atoms with van der Waals surface area (Å²) in [6.07, 6.45) is 3.51. The van der Waals surface area contributed by atoms with Gasteiger partial charge in [-0.1, -0.05) is 19.1 Å². The molecule has 0 saturated carbocycles. The van der Waals surface area contributed by atoms with Crippen molar-refractivity contribution < 1.29 is 23.9 Å². The van der Waals surface area contributed by atoms with Crippen LogP contribution in [0.4, 0.5) is 4.79 Å². The fourth-order valence-electron chi connectivity index (χ4n) is 1.51. The molecular formula is C16H20N2O5. The van der Waals surface area contributed by atoms with E-state index in [-0.39, 0.29) is 0 Å². The molecule has 0 aliphatic heterocycles. The van der Waals surface area contributed by atoms with Crippen molar-refractivity contribution in [1.82, 2.24) is 10.6 Å². The number of hydrogen-bond acceptors (Lipinski definition) is 5. The van der Waals surface area contributed by atoms with Crippen LogP contribution >= 0.6 is 0 Å². The van der Waals surface area contributed by atoms with Crippen LogP contribution in [0.5, 0.6) is 5.75 Å². The van der Waals surface area contributed by atoms with Gasteiger partial charge in [0.2, 0.25) is 0 Å². The number of nitrogens with one attached hydrogen (secondary N) is 2. The first-order chi connectivity index (χ1) is 11.0. The van der Waals surface area contributed by atoms with E-state index in [1.54, 1.807) is 37.5 Å². The fraction of sp³-hybridized carbons (Fsp3) is 0.312. The number of urea groups is 1. The van der Waals surface area contributed by atoms with Crippen molar-refractivity contribution >= 4 is 24.0 Å². The number of esters is 1. The standard InChI is InChI=1S/C16H20N2O5/c1-3-10-17-16(21)18-14(19)11-23-15(20)9-6-12-4-7-13(22-2)8-5-12/h4-9H,3,10-11H2,1-2H3,(H2,17,18,19,21). The second-order valence-corrected chi connectivity index (χ2v) is 4.52. The molecule has 0 aliphatic rings. The molecule has 0 atom stereocenters. The molecule has 0 spiro atoms. The van der Waals surface area contributed by atoms with Crippen LogP contribution in [0.15, 0.2) is 30.3 Å². The second kappa shape index (κ2) is 9.99. The number of ether oxygens (including phenoxy) is 2. The molecule has 0 fully saturated rings. The summed E-state index contributed by atoms with van der Waals surface area (Å²) in [6.45, 7) is 1.83. The molecule has 1 aromatic rings. The first-order valence-corrected chi connectivity index (χ1v) is 7.11. The smallest absolute Gasteiger partial charge is 0.331 e. The summed E-state index contributed by atoms with van der Waals surface area (Å²) in [5, 5.41) is 4.52. The number of carbonyl (C=O) groups excluding carboxylic acids is 3. The van der Waals surface area contributed by atoms with Crippen molar-refractivity contribution in [3.8, 4) is 5.75 Å². The van der Waals surface area contributed by atoms with Crippen molar-refractivity contribution in [2.45, 2.75) is 13.3 Å². The fourth-order valence-corrected chi connectivity index (χ4v) is 1.51. The monoisotopic (exact) mass is 320 g/mol. The minimum Gasteiger partial charge on any atom is -0.497 e. The predicted octanol–water partition coefficient (Wildman–Crippen LogP) is 1.49. The second-order valence-electron chi connectivity index (χ2n) is 4.52. The van der Waals surface area contributed by atoms with Crippen LogP contribution in [0.3, 0.4) is 0 Å². The van der Waals surface area contributed by atoms with Gasteiger partial charge in [0.05, 0.1) is 7.11 Å². The number of carbonyl (C=O) groups is 3. The van der Waals surface area contributed by atoms with Crippen LogP contribution in [0, 0.1) is 0 Å². The van der Waals surface area contributed by atoms with Crippen molar-refractivity contribution in [2.75, 3.05) is 20.3 Å². The maximum atomic E-state index is 11.5. The molecule has 2 N–H and O–H groups in total. The van der Waals surface area contributed by atoms with E-state index >= 15 is 0 Å². The van der Waals surface area contributed by atoms with Crippen LogP contribution in [0.25, 0.3) is 6.08 Å². The molecule has 1 aromatic carbocycles. The highest BCUT2D eigenvalue weighted by atomic mass is 16.5. The van der Waals surface area contributed by atoms with Crippen LogP contribution < -0.4 is 15.4 Å². The maximum Gasteiger partial charge on any atom is 0.331 e. The Bertz CT molecular complexity index is 566. The summed E-state index contributed by atoms with van der Waals surface area (Å²) in [5.74, 6) is -0.655. The van der Waals surface area contributed by atoms with Gasteiger partial charge in [0.15, 0.2) is 6.61 Å². The number of benzene rings is 1. The summed E-state index contributed by atoms with van der Waals surface area (Å²) in [7, 11) is 1.57.